The first-order valence-corrected chi connectivity index (χ1v) is 4.13. The first-order chi connectivity index (χ1) is 6.34. The summed E-state index contributed by atoms with van der Waals surface area (Å²) in [5.41, 5.74) is 0. The third-order valence-electron chi connectivity index (χ3n) is 1.77. The number of rotatable bonds is 6. The molecule has 0 aromatic rings. The van der Waals surface area contributed by atoms with E-state index in [1.807, 2.05) is 0 Å². The lowest BCUT2D eigenvalue weighted by molar-refractivity contribution is -0.519. The highest BCUT2D eigenvalue weighted by Gasteiger charge is 2.23. The van der Waals surface area contributed by atoms with E-state index in [9.17, 15) is 25.0 Å². The number of nitro groups is 2. The summed E-state index contributed by atoms with van der Waals surface area (Å²) in [6.45, 7) is 2.60. The lowest BCUT2D eigenvalue weighted by Crippen LogP contribution is -2.24. The van der Waals surface area contributed by atoms with Crippen LogP contribution < -0.4 is 0 Å². The van der Waals surface area contributed by atoms with E-state index >= 15 is 0 Å². The zero-order valence-electron chi connectivity index (χ0n) is 8.00. The molecule has 7 heteroatoms. The zero-order valence-corrected chi connectivity index (χ0v) is 8.00. The van der Waals surface area contributed by atoms with Crippen LogP contribution in [0.5, 0.6) is 0 Å². The largest absolute Gasteiger partial charge is 0.299 e. The van der Waals surface area contributed by atoms with Crippen molar-refractivity contribution in [2.45, 2.75) is 38.8 Å². The highest BCUT2D eigenvalue weighted by molar-refractivity contribution is 5.79. The van der Waals surface area contributed by atoms with E-state index in [2.05, 4.69) is 0 Å². The van der Waals surface area contributed by atoms with Crippen LogP contribution in [0, 0.1) is 20.2 Å². The maximum absolute atomic E-state index is 11.1. The quantitative estimate of drug-likeness (QED) is 0.467. The van der Waals surface area contributed by atoms with Gasteiger partial charge < -0.3 is 0 Å². The average Bonchev–Trinajstić information content (AvgIpc) is 2.03. The summed E-state index contributed by atoms with van der Waals surface area (Å²) in [4.78, 5) is 30.3. The second-order valence-corrected chi connectivity index (χ2v) is 3.22. The van der Waals surface area contributed by atoms with Crippen LogP contribution in [0.25, 0.3) is 0 Å². The predicted molar refractivity (Wildman–Crippen MR) is 47.2 cm³/mol. The van der Waals surface area contributed by atoms with Gasteiger partial charge >= 0.3 is 0 Å². The normalized spacial score (nSPS) is 14.4. The molecule has 0 aromatic heterocycles. The smallest absolute Gasteiger partial charge is 0.217 e. The summed E-state index contributed by atoms with van der Waals surface area (Å²) in [5.74, 6) is -0.446. The van der Waals surface area contributed by atoms with Gasteiger partial charge in [0.25, 0.3) is 0 Å². The monoisotopic (exact) mass is 204 g/mol. The van der Waals surface area contributed by atoms with Crippen LogP contribution in [-0.2, 0) is 4.79 Å². The number of carbonyl (C=O) groups excluding carboxylic acids is 1. The first-order valence-electron chi connectivity index (χ1n) is 4.13. The number of hydrogen-bond donors (Lipinski definition) is 0. The van der Waals surface area contributed by atoms with Crippen molar-refractivity contribution in [2.24, 2.45) is 0 Å². The van der Waals surface area contributed by atoms with Crippen molar-refractivity contribution in [3.8, 4) is 0 Å². The van der Waals surface area contributed by atoms with Crippen molar-refractivity contribution in [2.75, 3.05) is 0 Å². The van der Waals surface area contributed by atoms with Crippen LogP contribution in [0.4, 0.5) is 0 Å². The third kappa shape index (κ3) is 4.48. The highest BCUT2D eigenvalue weighted by Crippen LogP contribution is 2.04. The predicted octanol–water partition coefficient (Wildman–Crippen LogP) is 0.666. The Morgan fingerprint density at radius 3 is 1.57 bits per heavy atom. The molecule has 0 N–H and O–H groups in total. The Hall–Kier alpha value is -1.53. The van der Waals surface area contributed by atoms with Crippen molar-refractivity contribution in [3.05, 3.63) is 20.2 Å². The third-order valence-corrected chi connectivity index (χ3v) is 1.77. The van der Waals surface area contributed by atoms with E-state index in [0.29, 0.717) is 0 Å². The summed E-state index contributed by atoms with van der Waals surface area (Å²) >= 11 is 0. The summed E-state index contributed by atoms with van der Waals surface area (Å²) in [5, 5.41) is 20.3. The molecule has 0 amide bonds. The maximum Gasteiger partial charge on any atom is 0.217 e. The van der Waals surface area contributed by atoms with Crippen molar-refractivity contribution in [3.63, 3.8) is 0 Å². The molecule has 0 bridgehead atoms. The molecule has 0 saturated carbocycles. The van der Waals surface area contributed by atoms with E-state index < -0.39 is 27.7 Å². The van der Waals surface area contributed by atoms with Crippen LogP contribution in [-0.4, -0.2) is 27.7 Å². The standard InChI is InChI=1S/C7H12N2O5/c1-5(8(11)12)3-7(10)4-6(2)9(13)14/h5-6H,3-4H2,1-2H3. The molecule has 0 radical (unpaired) electrons. The zero-order chi connectivity index (χ0) is 11.3. The molecular weight excluding hydrogens is 192 g/mol. The van der Waals surface area contributed by atoms with E-state index in [0.717, 1.165) is 0 Å². The van der Waals surface area contributed by atoms with Gasteiger partial charge in [0.15, 0.2) is 0 Å². The Balaban J connectivity index is 3.99. The molecule has 2 atom stereocenters. The van der Waals surface area contributed by atoms with E-state index in [-0.39, 0.29) is 12.8 Å². The number of ketones is 1. The Morgan fingerprint density at radius 1 is 1.07 bits per heavy atom. The molecule has 0 spiro atoms. The second-order valence-electron chi connectivity index (χ2n) is 3.22. The van der Waals surface area contributed by atoms with Crippen LogP contribution in [0.1, 0.15) is 26.7 Å². The lowest BCUT2D eigenvalue weighted by atomic mass is 10.1. The molecule has 0 fully saturated rings. The minimum atomic E-state index is -0.971. The van der Waals surface area contributed by atoms with E-state index in [4.69, 9.17) is 0 Å². The summed E-state index contributed by atoms with van der Waals surface area (Å²) in [6, 6.07) is -1.94. The molecule has 14 heavy (non-hydrogen) atoms. The molecule has 80 valence electrons. The fraction of sp³-hybridized carbons (Fsp3) is 0.857. The molecule has 0 rings (SSSR count). The second kappa shape index (κ2) is 5.25. The SMILES string of the molecule is CC(CC(=O)CC(C)[N+](=O)[O-])[N+](=O)[O-]. The van der Waals surface area contributed by atoms with Crippen LogP contribution in [0.15, 0.2) is 0 Å². The van der Waals surface area contributed by atoms with Gasteiger partial charge in [0, 0.05) is 23.7 Å². The highest BCUT2D eigenvalue weighted by atomic mass is 16.6. The topological polar surface area (TPSA) is 103 Å². The van der Waals surface area contributed by atoms with Gasteiger partial charge in [-0.15, -0.1) is 0 Å². The lowest BCUT2D eigenvalue weighted by Gasteiger charge is -2.04. The minimum Gasteiger partial charge on any atom is -0.299 e. The fourth-order valence-corrected chi connectivity index (χ4v) is 0.891. The Kier molecular flexibility index (Phi) is 4.68. The maximum atomic E-state index is 11.1. The van der Waals surface area contributed by atoms with Crippen LogP contribution >= 0.6 is 0 Å². The number of Topliss-reactive ketones (excluding diaryl/α,β-unsaturated/α-hetero) is 1. The molecule has 0 aliphatic rings. The van der Waals surface area contributed by atoms with Crippen LogP contribution in [0.2, 0.25) is 0 Å². The molecule has 0 aliphatic carbocycles. The number of nitrogens with zero attached hydrogens (tertiary/aromatic N) is 2. The first kappa shape index (κ1) is 12.5. The molecule has 0 heterocycles. The van der Waals surface area contributed by atoms with Gasteiger partial charge in [0.2, 0.25) is 12.1 Å². The summed E-state index contributed by atoms with van der Waals surface area (Å²) in [7, 11) is 0. The van der Waals surface area contributed by atoms with Gasteiger partial charge in [-0.3, -0.25) is 25.0 Å². The van der Waals surface area contributed by atoms with Gasteiger partial charge in [-0.25, -0.2) is 0 Å². The van der Waals surface area contributed by atoms with Crippen LogP contribution in [0.3, 0.4) is 0 Å². The molecular formula is C7H12N2O5. The minimum absolute atomic E-state index is 0.245. The van der Waals surface area contributed by atoms with Crippen molar-refractivity contribution < 1.29 is 14.6 Å². The van der Waals surface area contributed by atoms with Crippen molar-refractivity contribution in [1.82, 2.24) is 0 Å². The Morgan fingerprint density at radius 2 is 1.36 bits per heavy atom. The average molecular weight is 204 g/mol. The van der Waals surface area contributed by atoms with Gasteiger partial charge in [-0.1, -0.05) is 0 Å². The molecule has 7 nitrogen and oxygen atoms in total. The Bertz CT molecular complexity index is 228. The Labute approximate surface area is 80.4 Å². The van der Waals surface area contributed by atoms with Gasteiger partial charge in [-0.2, -0.15) is 0 Å². The molecule has 0 saturated heterocycles. The van der Waals surface area contributed by atoms with Crippen molar-refractivity contribution >= 4 is 5.78 Å². The van der Waals surface area contributed by atoms with Gasteiger partial charge in [0.1, 0.15) is 5.78 Å². The molecule has 2 unspecified atom stereocenters. The van der Waals surface area contributed by atoms with Gasteiger partial charge in [-0.05, 0) is 0 Å². The summed E-state index contributed by atoms with van der Waals surface area (Å²) < 4.78 is 0. The molecule has 0 aromatic carbocycles. The van der Waals surface area contributed by atoms with E-state index in [1.165, 1.54) is 13.8 Å². The molecule has 0 aliphatic heterocycles. The number of hydrogen-bond acceptors (Lipinski definition) is 5. The van der Waals surface area contributed by atoms with Gasteiger partial charge in [0.05, 0.1) is 12.8 Å². The van der Waals surface area contributed by atoms with Crippen molar-refractivity contribution in [1.29, 1.82) is 0 Å². The summed E-state index contributed by atoms with van der Waals surface area (Å²) in [6.07, 6.45) is -0.490. The number of carbonyl (C=O) groups is 1. The van der Waals surface area contributed by atoms with E-state index in [1.54, 1.807) is 0 Å². The fourth-order valence-electron chi connectivity index (χ4n) is 0.891.